The van der Waals surface area contributed by atoms with Crippen LogP contribution >= 0.6 is 0 Å². The van der Waals surface area contributed by atoms with Gasteiger partial charge in [-0.15, -0.1) is 0 Å². The highest BCUT2D eigenvalue weighted by molar-refractivity contribution is 5.89. The largest absolute Gasteiger partial charge is 0.494 e. The number of pyridine rings is 1. The first-order chi connectivity index (χ1) is 15.7. The summed E-state index contributed by atoms with van der Waals surface area (Å²) in [4.78, 5) is 13.4. The van der Waals surface area contributed by atoms with E-state index in [2.05, 4.69) is 13.8 Å². The van der Waals surface area contributed by atoms with Gasteiger partial charge in [0.25, 0.3) is 5.56 Å². The molecule has 0 N–H and O–H groups in total. The van der Waals surface area contributed by atoms with Crippen LogP contribution in [0.1, 0.15) is 57.9 Å². The molecular formula is C27H35NO4. The monoisotopic (exact) mass is 437 g/mol. The van der Waals surface area contributed by atoms with Gasteiger partial charge in [-0.2, -0.15) is 0 Å². The van der Waals surface area contributed by atoms with Crippen LogP contribution in [0.15, 0.2) is 53.3 Å². The zero-order valence-electron chi connectivity index (χ0n) is 19.6. The summed E-state index contributed by atoms with van der Waals surface area (Å²) in [6, 6.07) is 15.8. The van der Waals surface area contributed by atoms with E-state index in [1.54, 1.807) is 0 Å². The lowest BCUT2D eigenvalue weighted by molar-refractivity contribution is 0.284. The third-order valence-corrected chi connectivity index (χ3v) is 5.58. The van der Waals surface area contributed by atoms with Gasteiger partial charge in [-0.25, -0.2) is 0 Å². The van der Waals surface area contributed by atoms with Crippen LogP contribution in [0.4, 0.5) is 0 Å². The summed E-state index contributed by atoms with van der Waals surface area (Å²) in [5.74, 6) is 1.51. The van der Waals surface area contributed by atoms with Gasteiger partial charge in [0.1, 0.15) is 12.4 Å². The van der Waals surface area contributed by atoms with Crippen molar-refractivity contribution in [2.75, 3.05) is 13.7 Å². The average molecular weight is 438 g/mol. The second kappa shape index (κ2) is 12.2. The number of benzene rings is 2. The van der Waals surface area contributed by atoms with E-state index >= 15 is 0 Å². The van der Waals surface area contributed by atoms with Crippen molar-refractivity contribution in [1.82, 2.24) is 4.57 Å². The van der Waals surface area contributed by atoms with Gasteiger partial charge >= 0.3 is 0 Å². The number of aryl methyl sites for hydroxylation is 1. The van der Waals surface area contributed by atoms with Crippen molar-refractivity contribution >= 4 is 10.9 Å². The maximum atomic E-state index is 13.4. The zero-order valence-corrected chi connectivity index (χ0v) is 19.6. The van der Waals surface area contributed by atoms with Gasteiger partial charge in [0.2, 0.25) is 5.75 Å². The van der Waals surface area contributed by atoms with E-state index in [9.17, 15) is 4.79 Å². The van der Waals surface area contributed by atoms with Gasteiger partial charge in [-0.1, -0.05) is 69.9 Å². The fourth-order valence-corrected chi connectivity index (χ4v) is 3.77. The highest BCUT2D eigenvalue weighted by Gasteiger charge is 2.20. The molecule has 2 aromatic carbocycles. The summed E-state index contributed by atoms with van der Waals surface area (Å²) in [6.45, 7) is 5.99. The minimum atomic E-state index is -0.162. The Morgan fingerprint density at radius 3 is 2.34 bits per heavy atom. The van der Waals surface area contributed by atoms with Gasteiger partial charge in [-0.3, -0.25) is 4.79 Å². The molecule has 3 rings (SSSR count). The molecule has 0 bridgehead atoms. The van der Waals surface area contributed by atoms with Crippen LogP contribution in [-0.2, 0) is 13.2 Å². The first-order valence-electron chi connectivity index (χ1n) is 11.7. The fraction of sp³-hybridized carbons (Fsp3) is 0.444. The molecule has 172 valence electrons. The van der Waals surface area contributed by atoms with E-state index in [0.717, 1.165) is 60.7 Å². The standard InChI is InChI=1S/C27H35NO4/c1-4-6-8-12-17-28-24-19-22(31-18-7-5-2)15-16-23(24)25(26(30-3)27(28)29)32-20-21-13-10-9-11-14-21/h9-11,13-16,19H,4-8,12,17-18,20H2,1-3H3. The van der Waals surface area contributed by atoms with Crippen molar-refractivity contribution in [3.8, 4) is 17.2 Å². The minimum Gasteiger partial charge on any atom is -0.494 e. The first-order valence-corrected chi connectivity index (χ1v) is 11.7. The fourth-order valence-electron chi connectivity index (χ4n) is 3.77. The molecule has 0 saturated heterocycles. The number of methoxy groups -OCH3 is 1. The average Bonchev–Trinajstić information content (AvgIpc) is 2.82. The van der Waals surface area contributed by atoms with E-state index < -0.39 is 0 Å². The molecule has 3 aromatic rings. The molecule has 0 unspecified atom stereocenters. The lowest BCUT2D eigenvalue weighted by Crippen LogP contribution is -2.23. The van der Waals surface area contributed by atoms with Crippen molar-refractivity contribution in [3.05, 3.63) is 64.4 Å². The summed E-state index contributed by atoms with van der Waals surface area (Å²) in [5.41, 5.74) is 1.69. The smallest absolute Gasteiger partial charge is 0.297 e. The Bertz CT molecular complexity index is 1040. The Morgan fingerprint density at radius 2 is 1.62 bits per heavy atom. The summed E-state index contributed by atoms with van der Waals surface area (Å²) in [7, 11) is 1.53. The topological polar surface area (TPSA) is 49.7 Å². The highest BCUT2D eigenvalue weighted by Crippen LogP contribution is 2.35. The first kappa shape index (κ1) is 23.7. The van der Waals surface area contributed by atoms with E-state index in [-0.39, 0.29) is 11.3 Å². The summed E-state index contributed by atoms with van der Waals surface area (Å²) in [5, 5.41) is 0.857. The summed E-state index contributed by atoms with van der Waals surface area (Å²) < 4.78 is 19.5. The number of aromatic nitrogens is 1. The van der Waals surface area contributed by atoms with Gasteiger partial charge in [0.05, 0.1) is 19.2 Å². The number of hydrogen-bond donors (Lipinski definition) is 0. The number of unbranched alkanes of at least 4 members (excludes halogenated alkanes) is 4. The Kier molecular flexibility index (Phi) is 9.02. The lowest BCUT2D eigenvalue weighted by atomic mass is 10.1. The van der Waals surface area contributed by atoms with Crippen LogP contribution in [0.3, 0.4) is 0 Å². The molecule has 0 fully saturated rings. The Hall–Kier alpha value is -2.95. The van der Waals surface area contributed by atoms with E-state index in [4.69, 9.17) is 14.2 Å². The predicted octanol–water partition coefficient (Wildman–Crippen LogP) is 6.35. The molecule has 1 aromatic heterocycles. The molecule has 0 radical (unpaired) electrons. The van der Waals surface area contributed by atoms with Crippen molar-refractivity contribution in [3.63, 3.8) is 0 Å². The quantitative estimate of drug-likeness (QED) is 0.292. The second-order valence-corrected chi connectivity index (χ2v) is 8.04. The molecule has 5 heteroatoms. The van der Waals surface area contributed by atoms with Crippen LogP contribution in [0.25, 0.3) is 10.9 Å². The van der Waals surface area contributed by atoms with Crippen LogP contribution in [0.2, 0.25) is 0 Å². The van der Waals surface area contributed by atoms with Crippen LogP contribution in [-0.4, -0.2) is 18.3 Å². The van der Waals surface area contributed by atoms with Crippen molar-refractivity contribution in [2.24, 2.45) is 0 Å². The number of ether oxygens (including phenoxy) is 3. The van der Waals surface area contributed by atoms with E-state index in [1.807, 2.05) is 53.1 Å². The molecule has 0 spiro atoms. The zero-order chi connectivity index (χ0) is 22.8. The highest BCUT2D eigenvalue weighted by atomic mass is 16.5. The number of rotatable bonds is 13. The van der Waals surface area contributed by atoms with Crippen molar-refractivity contribution in [1.29, 1.82) is 0 Å². The van der Waals surface area contributed by atoms with E-state index in [1.165, 1.54) is 7.11 Å². The predicted molar refractivity (Wildman–Crippen MR) is 130 cm³/mol. The third kappa shape index (κ3) is 5.84. The molecule has 0 aliphatic rings. The second-order valence-electron chi connectivity index (χ2n) is 8.04. The molecule has 32 heavy (non-hydrogen) atoms. The summed E-state index contributed by atoms with van der Waals surface area (Å²) in [6.07, 6.45) is 6.41. The molecule has 1 heterocycles. The van der Waals surface area contributed by atoms with Crippen molar-refractivity contribution < 1.29 is 14.2 Å². The van der Waals surface area contributed by atoms with Crippen molar-refractivity contribution in [2.45, 2.75) is 65.5 Å². The normalized spacial score (nSPS) is 11.0. The maximum Gasteiger partial charge on any atom is 0.297 e. The molecule has 0 aliphatic carbocycles. The SMILES string of the molecule is CCCCCCn1c(=O)c(OC)c(OCc2ccccc2)c2ccc(OCCCC)cc21. The molecular weight excluding hydrogens is 402 g/mol. The third-order valence-electron chi connectivity index (χ3n) is 5.58. The van der Waals surface area contributed by atoms with Crippen LogP contribution in [0.5, 0.6) is 17.2 Å². The molecule has 0 atom stereocenters. The summed E-state index contributed by atoms with van der Waals surface area (Å²) >= 11 is 0. The Balaban J connectivity index is 2.03. The van der Waals surface area contributed by atoms with Gasteiger partial charge < -0.3 is 18.8 Å². The van der Waals surface area contributed by atoms with Gasteiger partial charge in [-0.05, 0) is 30.5 Å². The minimum absolute atomic E-state index is 0.162. The maximum absolute atomic E-state index is 13.4. The molecule has 0 amide bonds. The molecule has 0 saturated carbocycles. The van der Waals surface area contributed by atoms with Crippen LogP contribution in [0, 0.1) is 0 Å². The van der Waals surface area contributed by atoms with Gasteiger partial charge in [0, 0.05) is 18.0 Å². The van der Waals surface area contributed by atoms with Crippen LogP contribution < -0.4 is 19.8 Å². The Morgan fingerprint density at radius 1 is 0.844 bits per heavy atom. The number of fused-ring (bicyclic) bond motifs is 1. The number of hydrogen-bond acceptors (Lipinski definition) is 4. The molecule has 0 aliphatic heterocycles. The lowest BCUT2D eigenvalue weighted by Gasteiger charge is -2.18. The Labute approximate surface area is 190 Å². The molecule has 5 nitrogen and oxygen atoms in total. The number of nitrogens with zero attached hydrogens (tertiary/aromatic N) is 1. The van der Waals surface area contributed by atoms with E-state index in [0.29, 0.717) is 25.5 Å². The van der Waals surface area contributed by atoms with Gasteiger partial charge in [0.15, 0.2) is 5.75 Å².